The molecule has 1 heterocycles. The molecule has 37 heavy (non-hydrogen) atoms. The second-order valence-electron chi connectivity index (χ2n) is 7.29. The standard InChI is InChI=1S/C16H15BrCl2F2NO3P.C6H7N.2CH2O/c1-22(9-11-3-5-14(18)15(19)7-11)8-10-2-4-12(13(17)6-10)16(20,21)26(23,24)25;1-6-4-2-3-5-7-6;2*1-2/h2-7H,8-9H2,1H3,(H2,23,24,25);2-5H,1H3;2*1H2. The van der Waals surface area contributed by atoms with E-state index in [1.807, 2.05) is 56.7 Å². The van der Waals surface area contributed by atoms with Gasteiger partial charge in [-0.05, 0) is 55.4 Å². The summed E-state index contributed by atoms with van der Waals surface area (Å²) in [6.45, 7) is 6.95. The zero-order valence-electron chi connectivity index (χ0n) is 20.0. The zero-order valence-corrected chi connectivity index (χ0v) is 23.9. The SMILES string of the molecule is C=O.C=O.CN(Cc1ccc(Cl)c(Cl)c1)Cc1ccc(C(F)(F)P(=O)(O)O)c(Br)c1.Cc1ccccn1. The lowest BCUT2D eigenvalue weighted by molar-refractivity contribution is -0.0987. The van der Waals surface area contributed by atoms with Crippen LogP contribution in [-0.2, 0) is 32.9 Å². The topological polar surface area (TPSA) is 108 Å². The van der Waals surface area contributed by atoms with E-state index in [-0.39, 0.29) is 4.47 Å². The normalized spacial score (nSPS) is 10.8. The molecule has 0 saturated carbocycles. The molecular formula is C24H26BrCl2F2N2O5P. The zero-order chi connectivity index (χ0) is 28.8. The Morgan fingerprint density at radius 1 is 0.973 bits per heavy atom. The molecule has 0 aliphatic carbocycles. The third kappa shape index (κ3) is 11.5. The summed E-state index contributed by atoms with van der Waals surface area (Å²) in [5, 5.41) is 0.910. The molecule has 0 aliphatic heterocycles. The number of aromatic nitrogens is 1. The number of nitrogens with zero attached hydrogens (tertiary/aromatic N) is 2. The van der Waals surface area contributed by atoms with Crippen molar-refractivity contribution in [3.63, 3.8) is 0 Å². The van der Waals surface area contributed by atoms with Crippen LogP contribution in [0.2, 0.25) is 10.0 Å². The number of hydrogen-bond acceptors (Lipinski definition) is 5. The Kier molecular flexibility index (Phi) is 15.8. The third-order valence-electron chi connectivity index (χ3n) is 4.43. The third-order valence-corrected chi connectivity index (χ3v) is 6.79. The van der Waals surface area contributed by atoms with Crippen LogP contribution in [0.1, 0.15) is 22.4 Å². The number of halogens is 5. The lowest BCUT2D eigenvalue weighted by atomic mass is 10.1. The van der Waals surface area contributed by atoms with E-state index < -0.39 is 18.8 Å². The Balaban J connectivity index is 0.000000988. The van der Waals surface area contributed by atoms with E-state index in [0.29, 0.717) is 28.7 Å². The fourth-order valence-electron chi connectivity index (χ4n) is 2.82. The summed E-state index contributed by atoms with van der Waals surface area (Å²) in [6, 6.07) is 15.0. The van der Waals surface area contributed by atoms with E-state index in [1.165, 1.54) is 12.1 Å². The number of hydrogen-bond donors (Lipinski definition) is 2. The first-order chi connectivity index (χ1) is 17.3. The van der Waals surface area contributed by atoms with Gasteiger partial charge < -0.3 is 19.4 Å². The molecule has 1 aromatic heterocycles. The minimum absolute atomic E-state index is 0.0636. The van der Waals surface area contributed by atoms with Gasteiger partial charge in [-0.25, -0.2) is 0 Å². The minimum Gasteiger partial charge on any atom is -0.320 e. The lowest BCUT2D eigenvalue weighted by Gasteiger charge is -2.21. The van der Waals surface area contributed by atoms with Crippen molar-refractivity contribution in [2.24, 2.45) is 0 Å². The Morgan fingerprint density at radius 3 is 1.92 bits per heavy atom. The number of carbonyl (C=O) groups is 2. The maximum Gasteiger partial charge on any atom is 0.399 e. The Hall–Kier alpha value is -2.04. The molecule has 3 aromatic rings. The molecule has 2 aromatic carbocycles. The molecule has 0 atom stereocenters. The molecule has 2 N–H and O–H groups in total. The van der Waals surface area contributed by atoms with E-state index in [2.05, 4.69) is 20.9 Å². The van der Waals surface area contributed by atoms with Gasteiger partial charge in [0, 0.05) is 35.0 Å². The second kappa shape index (κ2) is 16.7. The largest absolute Gasteiger partial charge is 0.399 e. The molecule has 0 aliphatic rings. The quantitative estimate of drug-likeness (QED) is 0.291. The summed E-state index contributed by atoms with van der Waals surface area (Å²) in [5.41, 5.74) is -2.30. The average Bonchev–Trinajstić information content (AvgIpc) is 2.84. The van der Waals surface area contributed by atoms with Gasteiger partial charge in [-0.2, -0.15) is 8.78 Å². The predicted molar refractivity (Wildman–Crippen MR) is 145 cm³/mol. The van der Waals surface area contributed by atoms with Crippen molar-refractivity contribution >= 4 is 60.3 Å². The molecule has 0 saturated heterocycles. The maximum absolute atomic E-state index is 13.8. The summed E-state index contributed by atoms with van der Waals surface area (Å²) in [7, 11) is -3.77. The van der Waals surface area contributed by atoms with E-state index in [0.717, 1.165) is 17.3 Å². The number of benzene rings is 2. The number of pyridine rings is 1. The Morgan fingerprint density at radius 2 is 1.51 bits per heavy atom. The Bertz CT molecular complexity index is 1170. The molecule has 3 rings (SSSR count). The molecule has 0 radical (unpaired) electrons. The molecule has 7 nitrogen and oxygen atoms in total. The van der Waals surface area contributed by atoms with Crippen molar-refractivity contribution in [3.05, 3.63) is 97.7 Å². The van der Waals surface area contributed by atoms with Crippen LogP contribution in [0.15, 0.2) is 65.3 Å². The molecule has 202 valence electrons. The fourth-order valence-corrected chi connectivity index (χ4v) is 4.48. The molecule has 13 heteroatoms. The van der Waals surface area contributed by atoms with E-state index in [1.54, 1.807) is 18.3 Å². The number of carbonyl (C=O) groups excluding carboxylic acids is 2. The van der Waals surface area contributed by atoms with Gasteiger partial charge in [0.15, 0.2) is 0 Å². The summed E-state index contributed by atoms with van der Waals surface area (Å²) < 4.78 is 38.7. The predicted octanol–water partition coefficient (Wildman–Crippen LogP) is 6.64. The molecule has 0 bridgehead atoms. The van der Waals surface area contributed by atoms with Crippen molar-refractivity contribution in [1.82, 2.24) is 9.88 Å². The highest BCUT2D eigenvalue weighted by Crippen LogP contribution is 2.60. The summed E-state index contributed by atoms with van der Waals surface area (Å²) >= 11 is 14.8. The van der Waals surface area contributed by atoms with Crippen LogP contribution in [0.5, 0.6) is 0 Å². The van der Waals surface area contributed by atoms with E-state index in [4.69, 9.17) is 42.6 Å². The van der Waals surface area contributed by atoms with E-state index >= 15 is 0 Å². The monoisotopic (exact) mass is 640 g/mol. The highest BCUT2D eigenvalue weighted by atomic mass is 79.9. The summed E-state index contributed by atoms with van der Waals surface area (Å²) in [4.78, 5) is 39.6. The molecule has 0 fully saturated rings. The lowest BCUT2D eigenvalue weighted by Crippen LogP contribution is -2.18. The number of alkyl halides is 2. The van der Waals surface area contributed by atoms with Crippen molar-refractivity contribution in [2.75, 3.05) is 7.05 Å². The van der Waals surface area contributed by atoms with Gasteiger partial charge in [0.2, 0.25) is 0 Å². The smallest absolute Gasteiger partial charge is 0.320 e. The van der Waals surface area contributed by atoms with Gasteiger partial charge in [0.1, 0.15) is 13.6 Å². The second-order valence-corrected chi connectivity index (χ2v) is 10.6. The highest BCUT2D eigenvalue weighted by molar-refractivity contribution is 9.10. The van der Waals surface area contributed by atoms with Gasteiger partial charge in [-0.1, -0.05) is 63.4 Å². The van der Waals surface area contributed by atoms with Crippen LogP contribution in [0, 0.1) is 6.92 Å². The van der Waals surface area contributed by atoms with Crippen molar-refractivity contribution in [1.29, 1.82) is 0 Å². The van der Waals surface area contributed by atoms with Crippen molar-refractivity contribution in [2.45, 2.75) is 25.7 Å². The van der Waals surface area contributed by atoms with E-state index in [9.17, 15) is 13.3 Å². The van der Waals surface area contributed by atoms with Crippen LogP contribution in [-0.4, -0.2) is 40.3 Å². The Labute approximate surface area is 232 Å². The van der Waals surface area contributed by atoms with Gasteiger partial charge in [0.05, 0.1) is 10.0 Å². The average molecular weight is 642 g/mol. The van der Waals surface area contributed by atoms with Crippen LogP contribution in [0.4, 0.5) is 8.78 Å². The maximum atomic E-state index is 13.8. The first-order valence-electron chi connectivity index (χ1n) is 10.1. The molecule has 0 unspecified atom stereocenters. The van der Waals surface area contributed by atoms with Crippen molar-refractivity contribution in [3.8, 4) is 0 Å². The first kappa shape index (κ1) is 35.0. The minimum atomic E-state index is -5.61. The number of rotatable bonds is 6. The highest BCUT2D eigenvalue weighted by Gasteiger charge is 2.51. The van der Waals surface area contributed by atoms with Crippen molar-refractivity contribution < 1.29 is 32.7 Å². The van der Waals surface area contributed by atoms with Gasteiger partial charge in [-0.3, -0.25) is 14.4 Å². The first-order valence-corrected chi connectivity index (χ1v) is 13.3. The van der Waals surface area contributed by atoms with Gasteiger partial charge >= 0.3 is 13.3 Å². The van der Waals surface area contributed by atoms with Crippen LogP contribution in [0.25, 0.3) is 0 Å². The molecular weight excluding hydrogens is 616 g/mol. The summed E-state index contributed by atoms with van der Waals surface area (Å²) in [6.07, 6.45) is 1.79. The van der Waals surface area contributed by atoms with Gasteiger partial charge in [-0.15, -0.1) is 0 Å². The molecule has 0 spiro atoms. The van der Waals surface area contributed by atoms with Gasteiger partial charge in [0.25, 0.3) is 0 Å². The number of aryl methyl sites for hydroxylation is 1. The molecule has 0 amide bonds. The van der Waals surface area contributed by atoms with Crippen LogP contribution < -0.4 is 0 Å². The summed E-state index contributed by atoms with van der Waals surface area (Å²) in [5.74, 6) is 0. The fraction of sp³-hybridized carbons (Fsp3) is 0.208. The van der Waals surface area contributed by atoms with Crippen LogP contribution in [0.3, 0.4) is 0 Å². The van der Waals surface area contributed by atoms with Crippen LogP contribution >= 0.6 is 46.7 Å².